The van der Waals surface area contributed by atoms with Gasteiger partial charge in [0.15, 0.2) is 5.65 Å². The first-order chi connectivity index (χ1) is 14.1. The predicted molar refractivity (Wildman–Crippen MR) is 110 cm³/mol. The Morgan fingerprint density at radius 3 is 2.72 bits per heavy atom. The van der Waals surface area contributed by atoms with Crippen molar-refractivity contribution in [3.63, 3.8) is 0 Å². The van der Waals surface area contributed by atoms with Gasteiger partial charge in [-0.15, -0.1) is 0 Å². The molecule has 0 radical (unpaired) electrons. The van der Waals surface area contributed by atoms with Crippen LogP contribution in [0.4, 0.5) is 21.7 Å². The first-order valence-electron chi connectivity index (χ1n) is 9.58. The van der Waals surface area contributed by atoms with Crippen molar-refractivity contribution in [3.8, 4) is 0 Å². The summed E-state index contributed by atoms with van der Waals surface area (Å²) in [7, 11) is 0. The van der Waals surface area contributed by atoms with Gasteiger partial charge in [-0.3, -0.25) is 0 Å². The molecule has 2 N–H and O–H groups in total. The number of nitrogens with zero attached hydrogens (tertiary/aromatic N) is 6. The first-order valence-corrected chi connectivity index (χ1v) is 9.58. The maximum atomic E-state index is 15.1. The molecule has 0 atom stereocenters. The Hall–Kier alpha value is -3.33. The lowest BCUT2D eigenvalue weighted by molar-refractivity contribution is 0.586. The van der Waals surface area contributed by atoms with Crippen molar-refractivity contribution in [1.82, 2.24) is 29.7 Å². The van der Waals surface area contributed by atoms with Crippen LogP contribution in [0.5, 0.6) is 0 Å². The number of hydrogen-bond acceptors (Lipinski definition) is 7. The highest BCUT2D eigenvalue weighted by Crippen LogP contribution is 2.30. The van der Waals surface area contributed by atoms with E-state index >= 15 is 4.39 Å². The number of anilines is 3. The molecule has 4 aromatic rings. The molecule has 1 aliphatic rings. The minimum absolute atomic E-state index is 0.351. The standard InChI is InChI=1S/C20H21FN8/c1-12-9-29-10-17(26-13(2)20(29)25-12)27-19-18-15(21)7-14(8-16(18)23-11-24-19)28-5-3-22-4-6-28/h7-11,22H,3-6H2,1-2H3,(H,23,24,27). The van der Waals surface area contributed by atoms with E-state index in [-0.39, 0.29) is 5.82 Å². The fraction of sp³-hybridized carbons (Fsp3) is 0.300. The van der Waals surface area contributed by atoms with Crippen molar-refractivity contribution in [2.24, 2.45) is 0 Å². The van der Waals surface area contributed by atoms with Gasteiger partial charge in [0.05, 0.1) is 28.5 Å². The number of nitrogens with one attached hydrogen (secondary N) is 2. The van der Waals surface area contributed by atoms with Crippen LogP contribution in [0.1, 0.15) is 11.4 Å². The smallest absolute Gasteiger partial charge is 0.158 e. The quantitative estimate of drug-likeness (QED) is 0.554. The van der Waals surface area contributed by atoms with E-state index in [1.165, 1.54) is 6.33 Å². The zero-order chi connectivity index (χ0) is 20.0. The van der Waals surface area contributed by atoms with E-state index in [0.29, 0.717) is 22.5 Å². The average Bonchev–Trinajstić information content (AvgIpc) is 3.09. The zero-order valence-corrected chi connectivity index (χ0v) is 16.3. The third kappa shape index (κ3) is 3.23. The molecule has 1 saturated heterocycles. The molecule has 0 bridgehead atoms. The van der Waals surface area contributed by atoms with Gasteiger partial charge < -0.3 is 19.9 Å². The van der Waals surface area contributed by atoms with Gasteiger partial charge >= 0.3 is 0 Å². The summed E-state index contributed by atoms with van der Waals surface area (Å²) >= 11 is 0. The summed E-state index contributed by atoms with van der Waals surface area (Å²) in [5.41, 5.74) is 3.89. The zero-order valence-electron chi connectivity index (χ0n) is 16.3. The maximum absolute atomic E-state index is 15.1. The Labute approximate surface area is 166 Å². The number of hydrogen-bond donors (Lipinski definition) is 2. The van der Waals surface area contributed by atoms with Gasteiger partial charge in [-0.2, -0.15) is 0 Å². The van der Waals surface area contributed by atoms with Crippen molar-refractivity contribution in [1.29, 1.82) is 0 Å². The largest absolute Gasteiger partial charge is 0.369 e. The molecule has 29 heavy (non-hydrogen) atoms. The van der Waals surface area contributed by atoms with Crippen molar-refractivity contribution in [2.75, 3.05) is 36.4 Å². The van der Waals surface area contributed by atoms with Crippen molar-refractivity contribution >= 4 is 33.9 Å². The molecule has 0 unspecified atom stereocenters. The maximum Gasteiger partial charge on any atom is 0.158 e. The summed E-state index contributed by atoms with van der Waals surface area (Å²) < 4.78 is 17.0. The second-order valence-corrected chi connectivity index (χ2v) is 7.23. The van der Waals surface area contributed by atoms with Crippen LogP contribution in [-0.2, 0) is 0 Å². The highest BCUT2D eigenvalue weighted by molar-refractivity contribution is 5.93. The number of rotatable bonds is 3. The van der Waals surface area contributed by atoms with Crippen LogP contribution in [0.15, 0.2) is 30.9 Å². The summed E-state index contributed by atoms with van der Waals surface area (Å²) in [5.74, 6) is 0.607. The highest BCUT2D eigenvalue weighted by Gasteiger charge is 2.17. The monoisotopic (exact) mass is 392 g/mol. The van der Waals surface area contributed by atoms with Crippen LogP contribution in [0, 0.1) is 19.7 Å². The summed E-state index contributed by atoms with van der Waals surface area (Å²) in [6.45, 7) is 7.28. The van der Waals surface area contributed by atoms with E-state index in [1.807, 2.05) is 36.7 Å². The van der Waals surface area contributed by atoms with E-state index in [9.17, 15) is 0 Å². The molecule has 0 aliphatic carbocycles. The molecule has 5 rings (SSSR count). The second-order valence-electron chi connectivity index (χ2n) is 7.23. The van der Waals surface area contributed by atoms with Gasteiger partial charge in [0.2, 0.25) is 0 Å². The molecule has 1 fully saturated rings. The molecule has 9 heteroatoms. The third-order valence-electron chi connectivity index (χ3n) is 5.13. The number of piperazine rings is 1. The number of benzene rings is 1. The lowest BCUT2D eigenvalue weighted by Gasteiger charge is -2.29. The number of fused-ring (bicyclic) bond motifs is 2. The van der Waals surface area contributed by atoms with Crippen molar-refractivity contribution in [2.45, 2.75) is 13.8 Å². The molecular formula is C20H21FN8. The Kier molecular flexibility index (Phi) is 4.24. The summed E-state index contributed by atoms with van der Waals surface area (Å²) in [5, 5.41) is 6.82. The Bertz CT molecular complexity index is 1210. The molecule has 8 nitrogen and oxygen atoms in total. The van der Waals surface area contributed by atoms with Crippen molar-refractivity contribution in [3.05, 3.63) is 48.1 Å². The number of aromatic nitrogens is 5. The van der Waals surface area contributed by atoms with Gasteiger partial charge in [-0.05, 0) is 26.0 Å². The van der Waals surface area contributed by atoms with E-state index in [2.05, 4.69) is 35.5 Å². The Morgan fingerprint density at radius 2 is 1.90 bits per heavy atom. The lowest BCUT2D eigenvalue weighted by atomic mass is 10.1. The summed E-state index contributed by atoms with van der Waals surface area (Å²) in [6.07, 6.45) is 5.19. The Balaban J connectivity index is 1.55. The molecule has 4 heterocycles. The van der Waals surface area contributed by atoms with E-state index in [4.69, 9.17) is 0 Å². The first kappa shape index (κ1) is 17.7. The van der Waals surface area contributed by atoms with Gasteiger partial charge in [-0.1, -0.05) is 0 Å². The van der Waals surface area contributed by atoms with Gasteiger partial charge in [0.1, 0.15) is 23.8 Å². The van der Waals surface area contributed by atoms with Crippen LogP contribution in [0.2, 0.25) is 0 Å². The van der Waals surface area contributed by atoms with Crippen LogP contribution in [-0.4, -0.2) is 50.5 Å². The Morgan fingerprint density at radius 1 is 1.07 bits per heavy atom. The van der Waals surface area contributed by atoms with E-state index < -0.39 is 0 Å². The normalized spacial score (nSPS) is 14.7. The molecular weight excluding hydrogens is 371 g/mol. The molecule has 0 amide bonds. The molecule has 0 spiro atoms. The predicted octanol–water partition coefficient (Wildman–Crippen LogP) is 2.58. The van der Waals surface area contributed by atoms with E-state index in [0.717, 1.165) is 48.9 Å². The molecule has 0 saturated carbocycles. The number of halogens is 1. The third-order valence-corrected chi connectivity index (χ3v) is 5.13. The minimum Gasteiger partial charge on any atom is -0.369 e. The molecule has 1 aliphatic heterocycles. The average molecular weight is 392 g/mol. The fourth-order valence-electron chi connectivity index (χ4n) is 3.78. The van der Waals surface area contributed by atoms with Crippen LogP contribution in [0.25, 0.3) is 16.6 Å². The number of imidazole rings is 1. The van der Waals surface area contributed by atoms with Gasteiger partial charge in [-0.25, -0.2) is 24.3 Å². The molecule has 1 aromatic carbocycles. The summed E-state index contributed by atoms with van der Waals surface area (Å²) in [6, 6.07) is 3.47. The SMILES string of the molecule is Cc1cn2cc(Nc3ncnc4cc(N5CCNCC5)cc(F)c34)nc(C)c2n1. The van der Waals surface area contributed by atoms with Crippen LogP contribution >= 0.6 is 0 Å². The minimum atomic E-state index is -0.351. The van der Waals surface area contributed by atoms with Crippen LogP contribution in [0.3, 0.4) is 0 Å². The number of aryl methyl sites for hydroxylation is 2. The summed E-state index contributed by atoms with van der Waals surface area (Å²) in [4.78, 5) is 19.7. The highest BCUT2D eigenvalue weighted by atomic mass is 19.1. The van der Waals surface area contributed by atoms with Crippen molar-refractivity contribution < 1.29 is 4.39 Å². The van der Waals surface area contributed by atoms with E-state index in [1.54, 1.807) is 6.07 Å². The van der Waals surface area contributed by atoms with Gasteiger partial charge in [0, 0.05) is 38.1 Å². The van der Waals surface area contributed by atoms with Gasteiger partial charge in [0.25, 0.3) is 0 Å². The second kappa shape index (κ2) is 6.93. The lowest BCUT2D eigenvalue weighted by Crippen LogP contribution is -2.43. The molecule has 148 valence electrons. The topological polar surface area (TPSA) is 83.3 Å². The molecule has 3 aromatic heterocycles. The van der Waals surface area contributed by atoms with Crippen LogP contribution < -0.4 is 15.5 Å². The fourth-order valence-corrected chi connectivity index (χ4v) is 3.78.